The molecule has 0 aliphatic carbocycles. The first-order valence-corrected chi connectivity index (χ1v) is 7.73. The molecule has 1 fully saturated rings. The fourth-order valence-corrected chi connectivity index (χ4v) is 2.82. The van der Waals surface area contributed by atoms with Crippen molar-refractivity contribution in [2.45, 2.75) is 26.7 Å². The maximum atomic E-state index is 4.49. The van der Waals surface area contributed by atoms with E-state index in [1.54, 1.807) is 0 Å². The molecule has 0 bridgehead atoms. The van der Waals surface area contributed by atoms with Crippen molar-refractivity contribution in [3.05, 3.63) is 12.1 Å². The lowest BCUT2D eigenvalue weighted by Crippen LogP contribution is -2.40. The average molecular weight is 289 g/mol. The van der Waals surface area contributed by atoms with Crippen LogP contribution >= 0.6 is 0 Å². The molecule has 21 heavy (non-hydrogen) atoms. The molecule has 1 aliphatic rings. The highest BCUT2D eigenvalue weighted by molar-refractivity contribution is 5.44. The van der Waals surface area contributed by atoms with Crippen molar-refractivity contribution in [3.8, 4) is 0 Å². The van der Waals surface area contributed by atoms with Crippen molar-refractivity contribution in [3.63, 3.8) is 0 Å². The highest BCUT2D eigenvalue weighted by Crippen LogP contribution is 2.21. The Labute approximate surface area is 124 Å². The van der Waals surface area contributed by atoms with E-state index >= 15 is 0 Å². The molecule has 0 amide bonds. The largest absolute Gasteiger partial charge is 0.355 e. The van der Waals surface area contributed by atoms with Crippen molar-refractivity contribution in [1.29, 1.82) is 0 Å². The van der Waals surface area contributed by atoms with Gasteiger partial charge in [0.15, 0.2) is 11.5 Å². The van der Waals surface area contributed by atoms with Gasteiger partial charge in [-0.2, -0.15) is 0 Å². The summed E-state index contributed by atoms with van der Waals surface area (Å²) in [5, 5.41) is 19.4. The minimum absolute atomic E-state index is 0.684. The Morgan fingerprint density at radius 3 is 3.14 bits per heavy atom. The SMILES string of the molecule is CC(C)CNCC1CCCN(c2ccc3nnnn3n2)C1. The molecule has 1 atom stereocenters. The molecule has 0 radical (unpaired) electrons. The number of piperidine rings is 1. The standard InChI is InChI=1S/C14H23N7/c1-11(2)8-15-9-12-4-3-7-20(10-12)14-6-5-13-16-18-19-21(13)17-14/h5-6,11-12,15H,3-4,7-10H2,1-2H3. The summed E-state index contributed by atoms with van der Waals surface area (Å²) in [6.45, 7) is 8.76. The van der Waals surface area contributed by atoms with Gasteiger partial charge in [0.05, 0.1) is 0 Å². The monoisotopic (exact) mass is 289 g/mol. The molecule has 1 unspecified atom stereocenters. The Morgan fingerprint density at radius 2 is 2.29 bits per heavy atom. The second kappa shape index (κ2) is 6.34. The second-order valence-electron chi connectivity index (χ2n) is 6.22. The summed E-state index contributed by atoms with van der Waals surface area (Å²) in [5.41, 5.74) is 0.686. The molecule has 0 aromatic carbocycles. The van der Waals surface area contributed by atoms with Crippen LogP contribution in [-0.2, 0) is 0 Å². The number of hydrogen-bond acceptors (Lipinski definition) is 6. The van der Waals surface area contributed by atoms with Crippen molar-refractivity contribution in [2.75, 3.05) is 31.1 Å². The lowest BCUT2D eigenvalue weighted by molar-refractivity contribution is 0.380. The van der Waals surface area contributed by atoms with Gasteiger partial charge in [-0.3, -0.25) is 0 Å². The highest BCUT2D eigenvalue weighted by atomic mass is 15.6. The predicted molar refractivity (Wildman–Crippen MR) is 81.2 cm³/mol. The van der Waals surface area contributed by atoms with E-state index in [0.29, 0.717) is 17.5 Å². The van der Waals surface area contributed by atoms with Crippen molar-refractivity contribution in [1.82, 2.24) is 30.6 Å². The van der Waals surface area contributed by atoms with Crippen LogP contribution in [0.5, 0.6) is 0 Å². The lowest BCUT2D eigenvalue weighted by atomic mass is 9.98. The van der Waals surface area contributed by atoms with Gasteiger partial charge in [0, 0.05) is 13.1 Å². The van der Waals surface area contributed by atoms with E-state index in [4.69, 9.17) is 0 Å². The van der Waals surface area contributed by atoms with Gasteiger partial charge in [-0.1, -0.05) is 13.8 Å². The summed E-state index contributed by atoms with van der Waals surface area (Å²) < 4.78 is 1.50. The minimum Gasteiger partial charge on any atom is -0.355 e. The third-order valence-corrected chi connectivity index (χ3v) is 3.88. The van der Waals surface area contributed by atoms with Crippen molar-refractivity contribution in [2.24, 2.45) is 11.8 Å². The van der Waals surface area contributed by atoms with Crippen molar-refractivity contribution >= 4 is 11.5 Å². The van der Waals surface area contributed by atoms with E-state index in [1.165, 1.54) is 17.5 Å². The smallest absolute Gasteiger partial charge is 0.200 e. The quantitative estimate of drug-likeness (QED) is 0.885. The summed E-state index contributed by atoms with van der Waals surface area (Å²) in [4.78, 5) is 2.34. The first-order valence-electron chi connectivity index (χ1n) is 7.73. The van der Waals surface area contributed by atoms with Crippen LogP contribution in [-0.4, -0.2) is 51.4 Å². The fraction of sp³-hybridized carbons (Fsp3) is 0.714. The van der Waals surface area contributed by atoms with Crippen LogP contribution in [0.1, 0.15) is 26.7 Å². The summed E-state index contributed by atoms with van der Waals surface area (Å²) in [7, 11) is 0. The molecular formula is C14H23N7. The number of hydrogen-bond donors (Lipinski definition) is 1. The van der Waals surface area contributed by atoms with Crippen LogP contribution in [0.3, 0.4) is 0 Å². The van der Waals surface area contributed by atoms with Gasteiger partial charge < -0.3 is 10.2 Å². The first kappa shape index (κ1) is 14.2. The molecule has 3 rings (SSSR count). The molecule has 0 saturated carbocycles. The summed E-state index contributed by atoms with van der Waals surface area (Å²) in [5.74, 6) is 2.35. The Hall–Kier alpha value is -1.76. The third kappa shape index (κ3) is 3.47. The third-order valence-electron chi connectivity index (χ3n) is 3.88. The molecule has 2 aromatic heterocycles. The molecule has 7 nitrogen and oxygen atoms in total. The summed E-state index contributed by atoms with van der Waals surface area (Å²) in [6.07, 6.45) is 2.50. The van der Waals surface area contributed by atoms with E-state index in [1.807, 2.05) is 12.1 Å². The molecule has 1 N–H and O–H groups in total. The van der Waals surface area contributed by atoms with E-state index in [-0.39, 0.29) is 0 Å². The van der Waals surface area contributed by atoms with Crippen LogP contribution in [0.4, 0.5) is 5.82 Å². The highest BCUT2D eigenvalue weighted by Gasteiger charge is 2.21. The summed E-state index contributed by atoms with van der Waals surface area (Å²) >= 11 is 0. The number of fused-ring (bicyclic) bond motifs is 1. The Kier molecular flexibility index (Phi) is 4.28. The van der Waals surface area contributed by atoms with Crippen LogP contribution in [0.25, 0.3) is 5.65 Å². The van der Waals surface area contributed by atoms with Gasteiger partial charge in [-0.15, -0.1) is 14.8 Å². The Balaban J connectivity index is 1.62. The van der Waals surface area contributed by atoms with Gasteiger partial charge in [-0.05, 0) is 60.3 Å². The number of anilines is 1. The molecule has 1 saturated heterocycles. The zero-order valence-corrected chi connectivity index (χ0v) is 12.7. The van der Waals surface area contributed by atoms with Gasteiger partial charge in [0.25, 0.3) is 0 Å². The second-order valence-corrected chi connectivity index (χ2v) is 6.22. The molecule has 2 aromatic rings. The topological polar surface area (TPSA) is 71.2 Å². The Bertz CT molecular complexity index is 579. The fourth-order valence-electron chi connectivity index (χ4n) is 2.82. The number of tetrazole rings is 1. The van der Waals surface area contributed by atoms with Gasteiger partial charge in [-0.25, -0.2) is 0 Å². The maximum Gasteiger partial charge on any atom is 0.200 e. The number of nitrogens with one attached hydrogen (secondary N) is 1. The van der Waals surface area contributed by atoms with Gasteiger partial charge in [0.1, 0.15) is 0 Å². The van der Waals surface area contributed by atoms with E-state index in [2.05, 4.69) is 44.7 Å². The zero-order chi connectivity index (χ0) is 14.7. The Morgan fingerprint density at radius 1 is 1.38 bits per heavy atom. The minimum atomic E-state index is 0.684. The molecule has 3 heterocycles. The van der Waals surface area contributed by atoms with Gasteiger partial charge >= 0.3 is 0 Å². The average Bonchev–Trinajstić information content (AvgIpc) is 2.94. The molecule has 1 aliphatic heterocycles. The van der Waals surface area contributed by atoms with Gasteiger partial charge in [0.2, 0.25) is 0 Å². The summed E-state index contributed by atoms with van der Waals surface area (Å²) in [6, 6.07) is 3.93. The first-order chi connectivity index (χ1) is 10.2. The van der Waals surface area contributed by atoms with Crippen LogP contribution in [0.2, 0.25) is 0 Å². The molecule has 114 valence electrons. The molecule has 0 spiro atoms. The number of rotatable bonds is 5. The van der Waals surface area contributed by atoms with Crippen LogP contribution in [0, 0.1) is 11.8 Å². The predicted octanol–water partition coefficient (Wildman–Crippen LogP) is 0.981. The maximum absolute atomic E-state index is 4.49. The normalized spacial score (nSPS) is 19.6. The van der Waals surface area contributed by atoms with Crippen LogP contribution in [0.15, 0.2) is 12.1 Å². The molecular weight excluding hydrogens is 266 g/mol. The lowest BCUT2D eigenvalue weighted by Gasteiger charge is -2.33. The van der Waals surface area contributed by atoms with E-state index in [0.717, 1.165) is 32.0 Å². The zero-order valence-electron chi connectivity index (χ0n) is 12.7. The number of aromatic nitrogens is 5. The van der Waals surface area contributed by atoms with Crippen LogP contribution < -0.4 is 10.2 Å². The van der Waals surface area contributed by atoms with E-state index in [9.17, 15) is 0 Å². The van der Waals surface area contributed by atoms with Crippen molar-refractivity contribution < 1.29 is 0 Å². The molecule has 7 heteroatoms. The number of nitrogens with zero attached hydrogens (tertiary/aromatic N) is 6. The van der Waals surface area contributed by atoms with E-state index < -0.39 is 0 Å².